The lowest BCUT2D eigenvalue weighted by Crippen LogP contribution is -2.33. The Hall–Kier alpha value is -1.79. The maximum atomic E-state index is 10.3. The van der Waals surface area contributed by atoms with Gasteiger partial charge in [-0.05, 0) is 61.3 Å². The molecule has 3 rings (SSSR count). The van der Waals surface area contributed by atoms with Gasteiger partial charge in [0.25, 0.3) is 0 Å². The summed E-state index contributed by atoms with van der Waals surface area (Å²) in [6.45, 7) is 4.47. The van der Waals surface area contributed by atoms with Crippen LogP contribution in [0.1, 0.15) is 24.0 Å². The minimum absolute atomic E-state index is 0.256. The summed E-state index contributed by atoms with van der Waals surface area (Å²) in [5, 5.41) is 14.4. The molecule has 2 N–H and O–H groups in total. The maximum Gasteiger partial charge on any atom is 0.161 e. The molecule has 1 aliphatic heterocycles. The van der Waals surface area contributed by atoms with Crippen molar-refractivity contribution in [3.8, 4) is 11.5 Å². The van der Waals surface area contributed by atoms with Crippen molar-refractivity contribution in [2.75, 3.05) is 33.4 Å². The molecule has 6 heteroatoms. The number of ether oxygens (including phenoxy) is 2. The number of β-amino-alcohol motifs (C(OH)–C–C–N with tert-alkyl or cyclic N) is 1. The van der Waals surface area contributed by atoms with Gasteiger partial charge in [0, 0.05) is 24.7 Å². The molecule has 2 aromatic carbocycles. The molecule has 0 aromatic heterocycles. The third-order valence-corrected chi connectivity index (χ3v) is 5.11. The zero-order valence-electron chi connectivity index (χ0n) is 16.4. The van der Waals surface area contributed by atoms with E-state index in [4.69, 9.17) is 21.1 Å². The Kier molecular flexibility index (Phi) is 7.98. The van der Waals surface area contributed by atoms with Crippen LogP contribution in [0.25, 0.3) is 0 Å². The summed E-state index contributed by atoms with van der Waals surface area (Å²) in [6, 6.07) is 13.7. The summed E-state index contributed by atoms with van der Waals surface area (Å²) in [5.41, 5.74) is 2.23. The van der Waals surface area contributed by atoms with E-state index in [2.05, 4.69) is 10.2 Å². The molecule has 0 unspecified atom stereocenters. The maximum absolute atomic E-state index is 10.3. The Labute approximate surface area is 172 Å². The largest absolute Gasteiger partial charge is 0.493 e. The topological polar surface area (TPSA) is 54.0 Å². The molecule has 0 amide bonds. The average Bonchev–Trinajstić information content (AvgIpc) is 3.19. The number of benzene rings is 2. The fourth-order valence-electron chi connectivity index (χ4n) is 3.44. The van der Waals surface area contributed by atoms with Gasteiger partial charge in [0.15, 0.2) is 11.5 Å². The van der Waals surface area contributed by atoms with Crippen LogP contribution in [0.4, 0.5) is 0 Å². The van der Waals surface area contributed by atoms with Gasteiger partial charge in [-0.15, -0.1) is 0 Å². The molecule has 0 saturated carbocycles. The number of hydrogen-bond acceptors (Lipinski definition) is 5. The Balaban J connectivity index is 1.52. The van der Waals surface area contributed by atoms with Crippen molar-refractivity contribution in [3.05, 3.63) is 58.6 Å². The second-order valence-electron chi connectivity index (χ2n) is 7.19. The molecular weight excluding hydrogens is 376 g/mol. The molecule has 1 heterocycles. The van der Waals surface area contributed by atoms with Gasteiger partial charge in [-0.3, -0.25) is 0 Å². The molecule has 1 atom stereocenters. The fraction of sp³-hybridized carbons (Fsp3) is 0.455. The van der Waals surface area contributed by atoms with Crippen LogP contribution in [-0.2, 0) is 13.1 Å². The van der Waals surface area contributed by atoms with Crippen LogP contribution >= 0.6 is 11.6 Å². The molecule has 152 valence electrons. The number of aliphatic hydroxyl groups excluding tert-OH is 1. The quantitative estimate of drug-likeness (QED) is 0.635. The predicted octanol–water partition coefficient (Wildman–Crippen LogP) is 3.47. The number of likely N-dealkylation sites (tertiary alicyclic amines) is 1. The summed E-state index contributed by atoms with van der Waals surface area (Å²) in [7, 11) is 1.62. The van der Waals surface area contributed by atoms with E-state index in [1.807, 2.05) is 42.5 Å². The summed E-state index contributed by atoms with van der Waals surface area (Å²) in [4.78, 5) is 2.28. The lowest BCUT2D eigenvalue weighted by atomic mass is 10.2. The van der Waals surface area contributed by atoms with E-state index < -0.39 is 6.10 Å². The van der Waals surface area contributed by atoms with Crippen molar-refractivity contribution in [1.29, 1.82) is 0 Å². The Morgan fingerprint density at radius 3 is 2.54 bits per heavy atom. The molecule has 0 radical (unpaired) electrons. The van der Waals surface area contributed by atoms with Gasteiger partial charge in [0.05, 0.1) is 7.11 Å². The summed E-state index contributed by atoms with van der Waals surface area (Å²) in [6.07, 6.45) is 1.92. The molecule has 0 bridgehead atoms. The summed E-state index contributed by atoms with van der Waals surface area (Å²) in [5.74, 6) is 1.33. The summed E-state index contributed by atoms with van der Waals surface area (Å²) >= 11 is 6.03. The van der Waals surface area contributed by atoms with Gasteiger partial charge in [0.1, 0.15) is 12.7 Å². The van der Waals surface area contributed by atoms with Crippen molar-refractivity contribution in [1.82, 2.24) is 10.2 Å². The Morgan fingerprint density at radius 2 is 1.82 bits per heavy atom. The fourth-order valence-corrected chi connectivity index (χ4v) is 3.66. The normalized spacial score (nSPS) is 15.5. The zero-order valence-corrected chi connectivity index (χ0v) is 17.1. The zero-order chi connectivity index (χ0) is 19.8. The molecule has 28 heavy (non-hydrogen) atoms. The van der Waals surface area contributed by atoms with Crippen molar-refractivity contribution in [2.24, 2.45) is 0 Å². The summed E-state index contributed by atoms with van der Waals surface area (Å²) < 4.78 is 11.3. The van der Waals surface area contributed by atoms with Crippen molar-refractivity contribution < 1.29 is 14.6 Å². The lowest BCUT2D eigenvalue weighted by molar-refractivity contribution is 0.0746. The third kappa shape index (κ3) is 6.38. The van der Waals surface area contributed by atoms with E-state index in [1.165, 1.54) is 12.8 Å². The van der Waals surface area contributed by atoms with Crippen LogP contribution in [-0.4, -0.2) is 49.5 Å². The van der Waals surface area contributed by atoms with Gasteiger partial charge in [-0.25, -0.2) is 0 Å². The molecule has 1 saturated heterocycles. The standard InChI is InChI=1S/C22H29ClN2O3/c1-27-21-8-7-18(14-24-13-17-5-4-6-19(23)11-17)12-22(21)28-16-20(26)15-25-9-2-3-10-25/h4-8,11-12,20,24,26H,2-3,9-10,13-16H2,1H3/t20-/m0/s1. The van der Waals surface area contributed by atoms with Gasteiger partial charge in [-0.2, -0.15) is 0 Å². The van der Waals surface area contributed by atoms with E-state index in [0.717, 1.165) is 35.8 Å². The first-order valence-corrected chi connectivity index (χ1v) is 10.2. The number of halogens is 1. The molecular formula is C22H29ClN2O3. The van der Waals surface area contributed by atoms with E-state index >= 15 is 0 Å². The number of aliphatic hydroxyl groups is 1. The van der Waals surface area contributed by atoms with Gasteiger partial charge < -0.3 is 24.8 Å². The number of methoxy groups -OCH3 is 1. The molecule has 1 fully saturated rings. The van der Waals surface area contributed by atoms with E-state index in [9.17, 15) is 5.11 Å². The molecule has 0 aliphatic carbocycles. The van der Waals surface area contributed by atoms with Crippen molar-refractivity contribution in [3.63, 3.8) is 0 Å². The minimum atomic E-state index is -0.507. The number of rotatable bonds is 10. The highest BCUT2D eigenvalue weighted by molar-refractivity contribution is 6.30. The van der Waals surface area contributed by atoms with Crippen LogP contribution in [0, 0.1) is 0 Å². The molecule has 5 nitrogen and oxygen atoms in total. The van der Waals surface area contributed by atoms with Crippen LogP contribution in [0.3, 0.4) is 0 Å². The first kappa shape index (κ1) is 20.9. The van der Waals surface area contributed by atoms with E-state index in [1.54, 1.807) is 7.11 Å². The third-order valence-electron chi connectivity index (χ3n) is 4.87. The predicted molar refractivity (Wildman–Crippen MR) is 112 cm³/mol. The first-order chi connectivity index (χ1) is 13.6. The number of hydrogen-bond donors (Lipinski definition) is 2. The van der Waals surface area contributed by atoms with Crippen LogP contribution in [0.5, 0.6) is 11.5 Å². The molecule has 0 spiro atoms. The number of nitrogens with one attached hydrogen (secondary N) is 1. The monoisotopic (exact) mass is 404 g/mol. The smallest absolute Gasteiger partial charge is 0.161 e. The highest BCUT2D eigenvalue weighted by atomic mass is 35.5. The van der Waals surface area contributed by atoms with Crippen LogP contribution in [0.15, 0.2) is 42.5 Å². The first-order valence-electron chi connectivity index (χ1n) is 9.79. The van der Waals surface area contributed by atoms with Crippen LogP contribution < -0.4 is 14.8 Å². The highest BCUT2D eigenvalue weighted by Gasteiger charge is 2.17. The van der Waals surface area contributed by atoms with Gasteiger partial charge in [0.2, 0.25) is 0 Å². The molecule has 2 aromatic rings. The minimum Gasteiger partial charge on any atom is -0.493 e. The molecule has 1 aliphatic rings. The second-order valence-corrected chi connectivity index (χ2v) is 7.63. The van der Waals surface area contributed by atoms with E-state index in [-0.39, 0.29) is 6.61 Å². The van der Waals surface area contributed by atoms with Crippen molar-refractivity contribution >= 4 is 11.6 Å². The average molecular weight is 405 g/mol. The SMILES string of the molecule is COc1ccc(CNCc2cccc(Cl)c2)cc1OC[C@@H](O)CN1CCCC1. The highest BCUT2D eigenvalue weighted by Crippen LogP contribution is 2.28. The van der Waals surface area contributed by atoms with Gasteiger partial charge >= 0.3 is 0 Å². The van der Waals surface area contributed by atoms with Crippen molar-refractivity contribution in [2.45, 2.75) is 32.0 Å². The van der Waals surface area contributed by atoms with Crippen LogP contribution in [0.2, 0.25) is 5.02 Å². The lowest BCUT2D eigenvalue weighted by Gasteiger charge is -2.20. The van der Waals surface area contributed by atoms with Gasteiger partial charge in [-0.1, -0.05) is 29.8 Å². The van der Waals surface area contributed by atoms with E-state index in [0.29, 0.717) is 24.6 Å². The Morgan fingerprint density at radius 1 is 1.07 bits per heavy atom. The Bertz CT molecular complexity index is 750. The number of nitrogens with zero attached hydrogens (tertiary/aromatic N) is 1. The second kappa shape index (κ2) is 10.7.